The molecule has 2 fully saturated rings. The minimum absolute atomic E-state index is 0.00121. The van der Waals surface area contributed by atoms with Crippen LogP contribution in [0.25, 0.3) is 49.1 Å². The Morgan fingerprint density at radius 1 is 0.960 bits per heavy atom. The number of amides is 2. The van der Waals surface area contributed by atoms with Crippen molar-refractivity contribution in [1.82, 2.24) is 19.5 Å². The van der Waals surface area contributed by atoms with E-state index in [0.717, 1.165) is 31.3 Å². The van der Waals surface area contributed by atoms with Crippen molar-refractivity contribution in [2.45, 2.75) is 51.7 Å². The van der Waals surface area contributed by atoms with E-state index in [1.54, 1.807) is 37.3 Å². The lowest BCUT2D eigenvalue weighted by molar-refractivity contribution is 0.0502. The van der Waals surface area contributed by atoms with Gasteiger partial charge in [-0.3, -0.25) is 14.4 Å². The van der Waals surface area contributed by atoms with Crippen molar-refractivity contribution < 1.29 is 23.1 Å². The molecule has 4 aromatic carbocycles. The lowest BCUT2D eigenvalue weighted by Crippen LogP contribution is -2.41. The molecule has 2 saturated heterocycles. The number of halogens is 1. The van der Waals surface area contributed by atoms with E-state index in [1.807, 2.05) is 24.3 Å². The van der Waals surface area contributed by atoms with Gasteiger partial charge >= 0.3 is 6.09 Å². The molecule has 2 aliphatic heterocycles. The number of carbonyl (C=O) groups excluding carboxylic acids is 2. The molecule has 1 atom stereocenters. The number of pyridine rings is 1. The van der Waals surface area contributed by atoms with Crippen molar-refractivity contribution in [3.8, 4) is 0 Å². The molecule has 2 aliphatic rings. The Morgan fingerprint density at radius 2 is 1.72 bits per heavy atom. The van der Waals surface area contributed by atoms with Crippen molar-refractivity contribution in [3.05, 3.63) is 80.5 Å². The van der Waals surface area contributed by atoms with Gasteiger partial charge in [-0.1, -0.05) is 24.3 Å². The van der Waals surface area contributed by atoms with Crippen molar-refractivity contribution in [3.63, 3.8) is 0 Å². The number of fused-ring (bicyclic) bond motifs is 5. The highest BCUT2D eigenvalue weighted by Gasteiger charge is 2.32. The maximum atomic E-state index is 16.1. The first-order valence-electron chi connectivity index (χ1n) is 17.1. The van der Waals surface area contributed by atoms with Gasteiger partial charge in [0, 0.05) is 43.1 Å². The van der Waals surface area contributed by atoms with Crippen LogP contribution >= 0.6 is 0 Å². The van der Waals surface area contributed by atoms with Gasteiger partial charge in [-0.25, -0.2) is 9.18 Å². The molecular weight excluding hydrogens is 641 g/mol. The first-order chi connectivity index (χ1) is 24.0. The molecule has 0 aliphatic carbocycles. The summed E-state index contributed by atoms with van der Waals surface area (Å²) in [5, 5.41) is 8.53. The van der Waals surface area contributed by atoms with Crippen LogP contribution in [0, 0.1) is 5.82 Å². The molecule has 8 rings (SSSR count). The van der Waals surface area contributed by atoms with E-state index in [1.165, 1.54) is 17.2 Å². The lowest BCUT2D eigenvalue weighted by Gasteiger charge is -2.22. The third-order valence-electron chi connectivity index (χ3n) is 9.83. The third-order valence-corrected chi connectivity index (χ3v) is 9.83. The minimum atomic E-state index is -0.682. The summed E-state index contributed by atoms with van der Waals surface area (Å²) in [7, 11) is 0. The maximum absolute atomic E-state index is 16.1. The fourth-order valence-electron chi connectivity index (χ4n) is 7.50. The van der Waals surface area contributed by atoms with Gasteiger partial charge in [-0.05, 0) is 82.1 Å². The number of anilines is 1. The number of rotatable bonds is 6. The topological polar surface area (TPSA) is 126 Å². The molecule has 4 heterocycles. The van der Waals surface area contributed by atoms with Crippen LogP contribution < -0.4 is 21.5 Å². The molecule has 0 spiro atoms. The van der Waals surface area contributed by atoms with Gasteiger partial charge < -0.3 is 34.0 Å². The van der Waals surface area contributed by atoms with Gasteiger partial charge in [0.2, 0.25) is 5.43 Å². The Labute approximate surface area is 285 Å². The predicted molar refractivity (Wildman–Crippen MR) is 191 cm³/mol. The van der Waals surface area contributed by atoms with Crippen LogP contribution in [-0.2, 0) is 4.74 Å². The molecule has 0 unspecified atom stereocenters. The number of likely N-dealkylation sites (tertiary alicyclic amines) is 2. The SMILES string of the molecule is CC(C)(C)OC(=O)N[C@H]1CCN(C(=O)c2cn3c4cc5c(cc4oc4c(NCCN6CCCC6)c(F)cc(c2=O)c43)c(=O)c2ccccc25)C1. The van der Waals surface area contributed by atoms with Crippen molar-refractivity contribution in [2.24, 2.45) is 0 Å². The summed E-state index contributed by atoms with van der Waals surface area (Å²) in [4.78, 5) is 57.8. The number of benzene rings is 3. The van der Waals surface area contributed by atoms with Gasteiger partial charge in [0.15, 0.2) is 22.4 Å². The molecule has 6 aromatic rings. The van der Waals surface area contributed by atoms with E-state index in [9.17, 15) is 19.2 Å². The van der Waals surface area contributed by atoms with Gasteiger partial charge in [0.25, 0.3) is 5.91 Å². The number of nitrogens with one attached hydrogen (secondary N) is 2. The fraction of sp³-hybridized carbons (Fsp3) is 0.368. The largest absolute Gasteiger partial charge is 0.451 e. The summed E-state index contributed by atoms with van der Waals surface area (Å²) < 4.78 is 29.6. The number of hydrogen-bond donors (Lipinski definition) is 2. The number of nitrogens with zero attached hydrogens (tertiary/aromatic N) is 3. The normalized spacial score (nSPS) is 17.2. The van der Waals surface area contributed by atoms with E-state index in [-0.39, 0.29) is 40.2 Å². The molecule has 258 valence electrons. The summed E-state index contributed by atoms with van der Waals surface area (Å²) >= 11 is 0. The standard InChI is InChI=1S/C38H38FN5O6/c1-38(2,3)50-37(48)41-21-10-14-43(19-21)36(47)27-20-44-29-17-24-22-8-4-5-9-23(22)33(45)25(24)18-30(29)49-35-31(40-11-15-42-12-6-7-13-42)28(39)16-26(32(35)44)34(27)46/h4-5,8-9,16-18,20-21,40H,6-7,10-15,19H2,1-3H3,(H,41,48)/t21-/m0/s1. The Kier molecular flexibility index (Phi) is 7.66. The Morgan fingerprint density at radius 3 is 2.48 bits per heavy atom. The highest BCUT2D eigenvalue weighted by Crippen LogP contribution is 2.36. The van der Waals surface area contributed by atoms with Crippen LogP contribution in [0.5, 0.6) is 0 Å². The monoisotopic (exact) mass is 679 g/mol. The van der Waals surface area contributed by atoms with Crippen LogP contribution in [0.15, 0.2) is 62.7 Å². The predicted octanol–water partition coefficient (Wildman–Crippen LogP) is 5.69. The molecule has 12 heteroatoms. The average Bonchev–Trinajstić information content (AvgIpc) is 3.82. The quantitative estimate of drug-likeness (QED) is 0.170. The maximum Gasteiger partial charge on any atom is 0.407 e. The second-order valence-electron chi connectivity index (χ2n) is 14.4. The van der Waals surface area contributed by atoms with Crippen LogP contribution in [0.1, 0.15) is 50.4 Å². The van der Waals surface area contributed by atoms with E-state index in [0.29, 0.717) is 58.8 Å². The van der Waals surface area contributed by atoms with Crippen LogP contribution in [0.3, 0.4) is 0 Å². The lowest BCUT2D eigenvalue weighted by atomic mass is 10.1. The zero-order chi connectivity index (χ0) is 34.9. The molecule has 2 N–H and O–H groups in total. The van der Waals surface area contributed by atoms with E-state index in [4.69, 9.17) is 9.15 Å². The molecule has 0 radical (unpaired) electrons. The van der Waals surface area contributed by atoms with E-state index in [2.05, 4.69) is 15.5 Å². The molecule has 50 heavy (non-hydrogen) atoms. The van der Waals surface area contributed by atoms with Crippen molar-refractivity contribution in [2.75, 3.05) is 44.6 Å². The summed E-state index contributed by atoms with van der Waals surface area (Å²) in [6.45, 7) is 8.96. The smallest absolute Gasteiger partial charge is 0.407 e. The molecular formula is C38H38FN5O6. The fourth-order valence-corrected chi connectivity index (χ4v) is 7.50. The number of alkyl carbamates (subject to hydrolysis) is 1. The highest BCUT2D eigenvalue weighted by atomic mass is 19.1. The van der Waals surface area contributed by atoms with E-state index < -0.39 is 28.8 Å². The number of ether oxygens (including phenoxy) is 1. The first kappa shape index (κ1) is 32.0. The van der Waals surface area contributed by atoms with Crippen LogP contribution in [0.4, 0.5) is 14.9 Å². The Balaban J connectivity index is 1.27. The molecule has 0 bridgehead atoms. The Bertz CT molecular complexity index is 2460. The van der Waals surface area contributed by atoms with E-state index >= 15 is 4.39 Å². The van der Waals surface area contributed by atoms with Gasteiger partial charge in [-0.2, -0.15) is 0 Å². The molecule has 0 saturated carbocycles. The molecule has 2 amide bonds. The van der Waals surface area contributed by atoms with Gasteiger partial charge in [0.1, 0.15) is 22.4 Å². The average molecular weight is 680 g/mol. The molecule has 11 nitrogen and oxygen atoms in total. The minimum Gasteiger partial charge on any atom is -0.451 e. The first-order valence-corrected chi connectivity index (χ1v) is 17.1. The zero-order valence-electron chi connectivity index (χ0n) is 28.2. The van der Waals surface area contributed by atoms with Crippen molar-refractivity contribution in [1.29, 1.82) is 0 Å². The second-order valence-corrected chi connectivity index (χ2v) is 14.4. The summed E-state index contributed by atoms with van der Waals surface area (Å²) in [6, 6.07) is 11.6. The zero-order valence-corrected chi connectivity index (χ0v) is 28.2. The third kappa shape index (κ3) is 5.47. The molecule has 2 aromatic heterocycles. The second kappa shape index (κ2) is 12.0. The Hall–Kier alpha value is -5.23. The number of aromatic nitrogens is 1. The van der Waals surface area contributed by atoms with Crippen LogP contribution in [0.2, 0.25) is 0 Å². The highest BCUT2D eigenvalue weighted by molar-refractivity contribution is 6.15. The van der Waals surface area contributed by atoms with Crippen LogP contribution in [-0.4, -0.2) is 77.1 Å². The van der Waals surface area contributed by atoms with Gasteiger partial charge in [-0.15, -0.1) is 0 Å². The summed E-state index contributed by atoms with van der Waals surface area (Å²) in [5.74, 6) is -1.21. The summed E-state index contributed by atoms with van der Waals surface area (Å²) in [5.41, 5.74) is -0.199. The van der Waals surface area contributed by atoms with Crippen molar-refractivity contribution >= 4 is 66.8 Å². The van der Waals surface area contributed by atoms with Gasteiger partial charge in [0.05, 0.1) is 16.9 Å². The summed E-state index contributed by atoms with van der Waals surface area (Å²) in [6.07, 6.45) is 3.66. The number of carbonyl (C=O) groups is 2. The number of hydrogen-bond acceptors (Lipinski definition) is 8.